The van der Waals surface area contributed by atoms with E-state index < -0.39 is 22.6 Å². The van der Waals surface area contributed by atoms with Crippen molar-refractivity contribution >= 4 is 27.8 Å². The standard InChI is InChI=1S/C20H23NO9S/c1-26-14-10-17(28-3)15(18(11-14)29-4)7-8-31(24,25)21-13-5-6-16(27-2)19(9-13)30-12-20(22)23/h5-11,21H,12H2,1-4H3,(H,22,23)/b8-7+. The van der Waals surface area contributed by atoms with Gasteiger partial charge in [-0.1, -0.05) is 0 Å². The van der Waals surface area contributed by atoms with Gasteiger partial charge in [0, 0.05) is 18.2 Å². The molecule has 0 aliphatic heterocycles. The molecule has 0 amide bonds. The summed E-state index contributed by atoms with van der Waals surface area (Å²) in [7, 11) is 1.79. The van der Waals surface area contributed by atoms with Crippen molar-refractivity contribution < 1.29 is 42.0 Å². The third-order valence-corrected chi connectivity index (χ3v) is 4.96. The molecule has 0 aliphatic rings. The second-order valence-electron chi connectivity index (χ2n) is 5.94. The predicted octanol–water partition coefficient (Wildman–Crippen LogP) is 2.60. The zero-order chi connectivity index (χ0) is 23.0. The van der Waals surface area contributed by atoms with E-state index in [1.807, 2.05) is 0 Å². The highest BCUT2D eigenvalue weighted by Gasteiger charge is 2.14. The number of aliphatic carboxylic acids is 1. The summed E-state index contributed by atoms with van der Waals surface area (Å²) in [5, 5.41) is 9.72. The molecule has 168 valence electrons. The summed E-state index contributed by atoms with van der Waals surface area (Å²) in [4.78, 5) is 10.7. The van der Waals surface area contributed by atoms with Crippen LogP contribution in [0, 0.1) is 0 Å². The molecule has 0 spiro atoms. The van der Waals surface area contributed by atoms with E-state index in [9.17, 15) is 13.2 Å². The number of methoxy groups -OCH3 is 4. The maximum absolute atomic E-state index is 12.6. The Labute approximate surface area is 180 Å². The second-order valence-corrected chi connectivity index (χ2v) is 7.51. The Hall–Kier alpha value is -3.60. The van der Waals surface area contributed by atoms with Crippen molar-refractivity contribution in [2.45, 2.75) is 0 Å². The van der Waals surface area contributed by atoms with Crippen LogP contribution in [-0.2, 0) is 14.8 Å². The van der Waals surface area contributed by atoms with Gasteiger partial charge in [-0.2, -0.15) is 0 Å². The zero-order valence-corrected chi connectivity index (χ0v) is 18.2. The van der Waals surface area contributed by atoms with E-state index in [-0.39, 0.29) is 17.2 Å². The summed E-state index contributed by atoms with van der Waals surface area (Å²) in [6, 6.07) is 7.41. The lowest BCUT2D eigenvalue weighted by molar-refractivity contribution is -0.139. The lowest BCUT2D eigenvalue weighted by atomic mass is 10.1. The van der Waals surface area contributed by atoms with E-state index >= 15 is 0 Å². The molecule has 2 N–H and O–H groups in total. The normalized spacial score (nSPS) is 11.1. The molecule has 2 aromatic rings. The van der Waals surface area contributed by atoms with Gasteiger partial charge in [-0.05, 0) is 18.2 Å². The molecule has 10 nitrogen and oxygen atoms in total. The van der Waals surface area contributed by atoms with Crippen LogP contribution in [-0.4, -0.2) is 54.5 Å². The number of nitrogens with one attached hydrogen (secondary N) is 1. The highest BCUT2D eigenvalue weighted by atomic mass is 32.2. The van der Waals surface area contributed by atoms with Crippen molar-refractivity contribution in [3.8, 4) is 28.7 Å². The number of carboxylic acids is 1. The number of rotatable bonds is 11. The smallest absolute Gasteiger partial charge is 0.341 e. The summed E-state index contributed by atoms with van der Waals surface area (Å²) in [5.74, 6) is 0.352. The molecule has 0 atom stereocenters. The average molecular weight is 453 g/mol. The van der Waals surface area contributed by atoms with Crippen molar-refractivity contribution in [1.29, 1.82) is 0 Å². The van der Waals surface area contributed by atoms with E-state index in [0.717, 1.165) is 5.41 Å². The Balaban J connectivity index is 2.31. The third kappa shape index (κ3) is 6.44. The molecule has 0 fully saturated rings. The second kappa shape index (κ2) is 10.4. The van der Waals surface area contributed by atoms with Crippen LogP contribution < -0.4 is 28.4 Å². The number of benzene rings is 2. The molecule has 2 rings (SSSR count). The summed E-state index contributed by atoms with van der Waals surface area (Å²) in [6.07, 6.45) is 1.32. The Bertz CT molecular complexity index is 1040. The molecule has 0 aromatic heterocycles. The molecule has 0 unspecified atom stereocenters. The van der Waals surface area contributed by atoms with Crippen LogP contribution in [0.5, 0.6) is 28.7 Å². The fourth-order valence-corrected chi connectivity index (χ4v) is 3.38. The number of sulfonamides is 1. The number of ether oxygens (including phenoxy) is 5. The van der Waals surface area contributed by atoms with Gasteiger partial charge in [-0.25, -0.2) is 13.2 Å². The molecular formula is C20H23NO9S. The molecule has 0 aliphatic carbocycles. The van der Waals surface area contributed by atoms with Crippen LogP contribution >= 0.6 is 0 Å². The fourth-order valence-electron chi connectivity index (χ4n) is 2.55. The Morgan fingerprint density at radius 1 is 0.935 bits per heavy atom. The molecule has 31 heavy (non-hydrogen) atoms. The lowest BCUT2D eigenvalue weighted by Gasteiger charge is -2.13. The van der Waals surface area contributed by atoms with Crippen LogP contribution in [0.1, 0.15) is 5.56 Å². The highest BCUT2D eigenvalue weighted by molar-refractivity contribution is 7.95. The van der Waals surface area contributed by atoms with Crippen molar-refractivity contribution in [2.24, 2.45) is 0 Å². The molecule has 0 saturated heterocycles. The minimum Gasteiger partial charge on any atom is -0.496 e. The van der Waals surface area contributed by atoms with E-state index in [4.69, 9.17) is 28.8 Å². The van der Waals surface area contributed by atoms with Crippen LogP contribution in [0.3, 0.4) is 0 Å². The SMILES string of the molecule is COc1cc(OC)c(/C=C/S(=O)(=O)Nc2ccc(OC)c(OCC(=O)O)c2)c(OC)c1. The molecular weight excluding hydrogens is 430 g/mol. The summed E-state index contributed by atoms with van der Waals surface area (Å²) >= 11 is 0. The van der Waals surface area contributed by atoms with Gasteiger partial charge in [-0.3, -0.25) is 4.72 Å². The Morgan fingerprint density at radius 2 is 1.55 bits per heavy atom. The van der Waals surface area contributed by atoms with Crippen LogP contribution in [0.4, 0.5) is 5.69 Å². The van der Waals surface area contributed by atoms with Crippen molar-refractivity contribution in [2.75, 3.05) is 39.8 Å². The summed E-state index contributed by atoms with van der Waals surface area (Å²) in [5.41, 5.74) is 0.552. The van der Waals surface area contributed by atoms with E-state index in [2.05, 4.69) is 4.72 Å². The van der Waals surface area contributed by atoms with Gasteiger partial charge in [0.25, 0.3) is 10.0 Å². The zero-order valence-electron chi connectivity index (χ0n) is 17.4. The largest absolute Gasteiger partial charge is 0.496 e. The first-order chi connectivity index (χ1) is 14.7. The third-order valence-electron chi connectivity index (χ3n) is 3.94. The monoisotopic (exact) mass is 453 g/mol. The molecule has 11 heteroatoms. The van der Waals surface area contributed by atoms with Crippen molar-refractivity contribution in [1.82, 2.24) is 0 Å². The predicted molar refractivity (Wildman–Crippen MR) is 114 cm³/mol. The van der Waals surface area contributed by atoms with E-state index in [1.165, 1.54) is 52.7 Å². The maximum Gasteiger partial charge on any atom is 0.341 e. The first-order valence-electron chi connectivity index (χ1n) is 8.76. The topological polar surface area (TPSA) is 130 Å². The first-order valence-corrected chi connectivity index (χ1v) is 10.3. The van der Waals surface area contributed by atoms with Crippen LogP contribution in [0.15, 0.2) is 35.7 Å². The number of hydrogen-bond donors (Lipinski definition) is 2. The van der Waals surface area contributed by atoms with Gasteiger partial charge in [0.2, 0.25) is 0 Å². The Morgan fingerprint density at radius 3 is 2.06 bits per heavy atom. The van der Waals surface area contributed by atoms with Gasteiger partial charge in [-0.15, -0.1) is 0 Å². The number of carboxylic acid groups (broad SMARTS) is 1. The van der Waals surface area contributed by atoms with Crippen LogP contribution in [0.25, 0.3) is 6.08 Å². The number of hydrogen-bond acceptors (Lipinski definition) is 8. The van der Waals surface area contributed by atoms with E-state index in [0.29, 0.717) is 22.8 Å². The first kappa shape index (κ1) is 23.7. The summed E-state index contributed by atoms with van der Waals surface area (Å²) < 4.78 is 53.5. The van der Waals surface area contributed by atoms with Gasteiger partial charge in [0.15, 0.2) is 18.1 Å². The van der Waals surface area contributed by atoms with Crippen molar-refractivity contribution in [3.05, 3.63) is 41.3 Å². The summed E-state index contributed by atoms with van der Waals surface area (Å²) in [6.45, 7) is -0.608. The van der Waals surface area contributed by atoms with Gasteiger partial charge in [0.1, 0.15) is 17.2 Å². The van der Waals surface area contributed by atoms with Crippen molar-refractivity contribution in [3.63, 3.8) is 0 Å². The molecule has 2 aromatic carbocycles. The number of carbonyl (C=O) groups is 1. The van der Waals surface area contributed by atoms with E-state index in [1.54, 1.807) is 12.1 Å². The Kier molecular flexibility index (Phi) is 7.97. The molecule has 0 bridgehead atoms. The molecule has 0 saturated carbocycles. The van der Waals surface area contributed by atoms with Gasteiger partial charge in [0.05, 0.1) is 45.1 Å². The minimum absolute atomic E-state index is 0.0765. The lowest BCUT2D eigenvalue weighted by Crippen LogP contribution is -2.11. The van der Waals surface area contributed by atoms with Gasteiger partial charge >= 0.3 is 5.97 Å². The van der Waals surface area contributed by atoms with Gasteiger partial charge < -0.3 is 28.8 Å². The molecule has 0 heterocycles. The minimum atomic E-state index is -3.95. The average Bonchev–Trinajstić information content (AvgIpc) is 2.75. The number of anilines is 1. The van der Waals surface area contributed by atoms with Crippen LogP contribution in [0.2, 0.25) is 0 Å². The molecule has 0 radical (unpaired) electrons. The quantitative estimate of drug-likeness (QED) is 0.527. The fraction of sp³-hybridized carbons (Fsp3) is 0.250. The maximum atomic E-state index is 12.6. The highest BCUT2D eigenvalue weighted by Crippen LogP contribution is 2.35.